The molecule has 0 aliphatic rings. The van der Waals surface area contributed by atoms with Crippen molar-refractivity contribution in [2.45, 2.75) is 26.8 Å². The number of rotatable bonds is 5. The quantitative estimate of drug-likeness (QED) is 0.810. The summed E-state index contributed by atoms with van der Waals surface area (Å²) < 4.78 is 5.59. The van der Waals surface area contributed by atoms with Crippen LogP contribution in [0.4, 0.5) is 5.69 Å². The van der Waals surface area contributed by atoms with Gasteiger partial charge in [-0.1, -0.05) is 17.7 Å². The van der Waals surface area contributed by atoms with Crippen LogP contribution in [-0.4, -0.2) is 18.4 Å². The maximum absolute atomic E-state index is 12.2. The van der Waals surface area contributed by atoms with Crippen LogP contribution in [0.1, 0.15) is 36.6 Å². The summed E-state index contributed by atoms with van der Waals surface area (Å²) in [5, 5.41) is 14.0. The molecule has 2 aromatic carbocycles. The third-order valence-corrected chi connectivity index (χ3v) is 3.76. The molecule has 134 valence electrons. The molecule has 6 nitrogen and oxygen atoms in total. The molecule has 0 aliphatic heterocycles. The third-order valence-electron chi connectivity index (χ3n) is 3.76. The van der Waals surface area contributed by atoms with Crippen molar-refractivity contribution in [3.8, 4) is 11.8 Å². The number of nitrogens with zero attached hydrogens (tertiary/aromatic N) is 1. The van der Waals surface area contributed by atoms with Gasteiger partial charge in [0, 0.05) is 11.3 Å². The molecule has 2 aromatic rings. The molecule has 0 heterocycles. The Morgan fingerprint density at radius 3 is 2.46 bits per heavy atom. The number of hydrogen-bond acceptors (Lipinski definition) is 4. The second-order valence-electron chi connectivity index (χ2n) is 5.81. The molecule has 2 rings (SSSR count). The van der Waals surface area contributed by atoms with Crippen molar-refractivity contribution in [2.24, 2.45) is 0 Å². The lowest BCUT2D eigenvalue weighted by Gasteiger charge is -2.18. The average molecular weight is 351 g/mol. The molecule has 0 bridgehead atoms. The highest BCUT2D eigenvalue weighted by atomic mass is 16.5. The Kier molecular flexibility index (Phi) is 6.34. The van der Waals surface area contributed by atoms with Crippen molar-refractivity contribution in [1.29, 1.82) is 5.26 Å². The predicted octanol–water partition coefficient (Wildman–Crippen LogP) is 3.08. The molecular formula is C20H21N3O3. The summed E-state index contributed by atoms with van der Waals surface area (Å²) in [6.07, 6.45) is 0. The van der Waals surface area contributed by atoms with E-state index < -0.39 is 17.9 Å². The van der Waals surface area contributed by atoms with E-state index in [1.54, 1.807) is 31.2 Å². The lowest BCUT2D eigenvalue weighted by Crippen LogP contribution is -2.37. The van der Waals surface area contributed by atoms with E-state index in [4.69, 9.17) is 10.00 Å². The average Bonchev–Trinajstić information content (AvgIpc) is 2.63. The minimum absolute atomic E-state index is 0.393. The Labute approximate surface area is 152 Å². The number of anilines is 1. The van der Waals surface area contributed by atoms with Crippen LogP contribution in [0, 0.1) is 18.3 Å². The predicted molar refractivity (Wildman–Crippen MR) is 98.7 cm³/mol. The highest BCUT2D eigenvalue weighted by molar-refractivity contribution is 6.39. The van der Waals surface area contributed by atoms with Gasteiger partial charge in [-0.25, -0.2) is 0 Å². The molecule has 0 aliphatic carbocycles. The largest absolute Gasteiger partial charge is 0.494 e. The third kappa shape index (κ3) is 4.84. The van der Waals surface area contributed by atoms with Crippen molar-refractivity contribution in [3.05, 3.63) is 59.2 Å². The summed E-state index contributed by atoms with van der Waals surface area (Å²) in [5.74, 6) is -0.837. The molecule has 6 heteroatoms. The van der Waals surface area contributed by atoms with Crippen molar-refractivity contribution in [2.75, 3.05) is 11.9 Å². The molecular weight excluding hydrogens is 330 g/mol. The van der Waals surface area contributed by atoms with Crippen molar-refractivity contribution < 1.29 is 14.3 Å². The molecule has 0 fully saturated rings. The Bertz CT molecular complexity index is 838. The van der Waals surface area contributed by atoms with Crippen LogP contribution >= 0.6 is 0 Å². The lowest BCUT2D eigenvalue weighted by atomic mass is 10.0. The van der Waals surface area contributed by atoms with E-state index >= 15 is 0 Å². The Morgan fingerprint density at radius 1 is 1.15 bits per heavy atom. The molecule has 1 atom stereocenters. The van der Waals surface area contributed by atoms with Crippen LogP contribution in [-0.2, 0) is 9.59 Å². The smallest absolute Gasteiger partial charge is 0.313 e. The Morgan fingerprint density at radius 2 is 1.85 bits per heavy atom. The fourth-order valence-electron chi connectivity index (χ4n) is 2.45. The van der Waals surface area contributed by atoms with Crippen LogP contribution in [0.25, 0.3) is 0 Å². The molecule has 0 radical (unpaired) electrons. The van der Waals surface area contributed by atoms with Gasteiger partial charge in [0.25, 0.3) is 0 Å². The van der Waals surface area contributed by atoms with Crippen molar-refractivity contribution >= 4 is 17.5 Å². The number of carbonyl (C=O) groups excluding carboxylic acids is 2. The van der Waals surface area contributed by atoms with Gasteiger partial charge < -0.3 is 15.4 Å². The van der Waals surface area contributed by atoms with E-state index in [0.29, 0.717) is 23.6 Å². The number of carbonyl (C=O) groups is 2. The molecule has 26 heavy (non-hydrogen) atoms. The number of aryl methyl sites for hydroxylation is 1. The zero-order chi connectivity index (χ0) is 19.1. The lowest BCUT2D eigenvalue weighted by molar-refractivity contribution is -0.136. The Hall–Kier alpha value is -3.33. The first-order valence-electron chi connectivity index (χ1n) is 8.30. The topological polar surface area (TPSA) is 91.2 Å². The van der Waals surface area contributed by atoms with E-state index in [2.05, 4.69) is 10.6 Å². The summed E-state index contributed by atoms with van der Waals surface area (Å²) in [6.45, 7) is 6.14. The normalized spacial score (nSPS) is 11.2. The van der Waals surface area contributed by atoms with Gasteiger partial charge in [-0.15, -0.1) is 0 Å². The van der Waals surface area contributed by atoms with E-state index in [1.165, 1.54) is 0 Å². The first-order chi connectivity index (χ1) is 12.4. The monoisotopic (exact) mass is 351 g/mol. The Balaban J connectivity index is 2.05. The van der Waals surface area contributed by atoms with Gasteiger partial charge in [0.2, 0.25) is 0 Å². The summed E-state index contributed by atoms with van der Waals surface area (Å²) in [6, 6.07) is 13.6. The van der Waals surface area contributed by atoms with E-state index in [9.17, 15) is 9.59 Å². The highest BCUT2D eigenvalue weighted by Gasteiger charge is 2.19. The molecule has 0 saturated heterocycles. The van der Waals surface area contributed by atoms with E-state index in [-0.39, 0.29) is 0 Å². The summed E-state index contributed by atoms with van der Waals surface area (Å²) >= 11 is 0. The minimum Gasteiger partial charge on any atom is -0.494 e. The van der Waals surface area contributed by atoms with Crippen molar-refractivity contribution in [3.63, 3.8) is 0 Å². The number of ether oxygens (including phenoxy) is 1. The standard InChI is InChI=1S/C20H21N3O3/c1-4-26-18-10-5-13(2)11-17(18)14(3)22-19(24)20(25)23-16-8-6-15(12-21)7-9-16/h5-11,14H,4H2,1-3H3,(H,22,24)(H,23,25). The second-order valence-corrected chi connectivity index (χ2v) is 5.81. The van der Waals surface area contributed by atoms with Crippen LogP contribution in [0.5, 0.6) is 5.75 Å². The zero-order valence-electron chi connectivity index (χ0n) is 15.0. The van der Waals surface area contributed by atoms with Gasteiger partial charge in [0.1, 0.15) is 5.75 Å². The first kappa shape index (κ1) is 19.0. The van der Waals surface area contributed by atoms with Gasteiger partial charge >= 0.3 is 11.8 Å². The van der Waals surface area contributed by atoms with Gasteiger partial charge in [-0.05, 0) is 51.1 Å². The maximum Gasteiger partial charge on any atom is 0.313 e. The molecule has 2 N–H and O–H groups in total. The fraction of sp³-hybridized carbons (Fsp3) is 0.250. The number of nitriles is 1. The maximum atomic E-state index is 12.2. The summed E-state index contributed by atoms with van der Waals surface area (Å²) in [4.78, 5) is 24.3. The molecule has 0 aromatic heterocycles. The van der Waals surface area contributed by atoms with Crippen molar-refractivity contribution in [1.82, 2.24) is 5.32 Å². The highest BCUT2D eigenvalue weighted by Crippen LogP contribution is 2.26. The first-order valence-corrected chi connectivity index (χ1v) is 8.30. The fourth-order valence-corrected chi connectivity index (χ4v) is 2.45. The van der Waals surface area contributed by atoms with Gasteiger partial charge in [-0.3, -0.25) is 9.59 Å². The zero-order valence-corrected chi connectivity index (χ0v) is 15.0. The molecule has 0 saturated carbocycles. The molecule has 2 amide bonds. The van der Waals surface area contributed by atoms with Crippen LogP contribution < -0.4 is 15.4 Å². The number of nitrogens with one attached hydrogen (secondary N) is 2. The van der Waals surface area contributed by atoms with Crippen LogP contribution in [0.3, 0.4) is 0 Å². The van der Waals surface area contributed by atoms with Crippen LogP contribution in [0.15, 0.2) is 42.5 Å². The van der Waals surface area contributed by atoms with Gasteiger partial charge in [0.05, 0.1) is 24.3 Å². The number of hydrogen-bond donors (Lipinski definition) is 2. The van der Waals surface area contributed by atoms with Gasteiger partial charge in [-0.2, -0.15) is 5.26 Å². The molecule has 0 spiro atoms. The van der Waals surface area contributed by atoms with E-state index in [0.717, 1.165) is 11.1 Å². The summed E-state index contributed by atoms with van der Waals surface area (Å²) in [5.41, 5.74) is 2.77. The minimum atomic E-state index is -0.771. The second kappa shape index (κ2) is 8.67. The number of benzene rings is 2. The molecule has 1 unspecified atom stereocenters. The number of amides is 2. The van der Waals surface area contributed by atoms with Gasteiger partial charge in [0.15, 0.2) is 0 Å². The van der Waals surface area contributed by atoms with E-state index in [1.807, 2.05) is 38.1 Å². The summed E-state index contributed by atoms with van der Waals surface area (Å²) in [7, 11) is 0. The van der Waals surface area contributed by atoms with Crippen LogP contribution in [0.2, 0.25) is 0 Å². The SMILES string of the molecule is CCOc1ccc(C)cc1C(C)NC(=O)C(=O)Nc1ccc(C#N)cc1.